The van der Waals surface area contributed by atoms with Gasteiger partial charge in [-0.05, 0) is 37.3 Å². The number of amides is 2. The van der Waals surface area contributed by atoms with Crippen molar-refractivity contribution in [2.45, 2.75) is 52.2 Å². The van der Waals surface area contributed by atoms with E-state index in [2.05, 4.69) is 0 Å². The summed E-state index contributed by atoms with van der Waals surface area (Å²) in [5, 5.41) is 9.13. The highest BCUT2D eigenvalue weighted by Crippen LogP contribution is 2.31. The van der Waals surface area contributed by atoms with Gasteiger partial charge in [-0.2, -0.15) is 0 Å². The standard InChI is InChI=1S/C25H31NO7/c1-15(2)19-14-32-25(30)26(19)24(29)23(31-4)22(28)21-13-18(17-9-7-8-16(3)12-17)20(33-21)10-5-6-11-27/h7-9,12-13,15,19,23,27H,5-6,10-11,14H2,1-4H3. The summed E-state index contributed by atoms with van der Waals surface area (Å²) in [6, 6.07) is 8.95. The van der Waals surface area contributed by atoms with E-state index < -0.39 is 29.9 Å². The molecule has 2 aromatic rings. The number of aliphatic hydroxyl groups excluding tert-OH is 1. The zero-order valence-corrected chi connectivity index (χ0v) is 19.5. The number of ether oxygens (including phenoxy) is 2. The predicted molar refractivity (Wildman–Crippen MR) is 121 cm³/mol. The third-order valence-electron chi connectivity index (χ3n) is 5.80. The second kappa shape index (κ2) is 10.8. The molecule has 1 fully saturated rings. The number of rotatable bonds is 10. The number of benzene rings is 1. The molecule has 1 aromatic heterocycles. The minimum atomic E-state index is -1.53. The Morgan fingerprint density at radius 1 is 1.24 bits per heavy atom. The van der Waals surface area contributed by atoms with E-state index in [0.717, 1.165) is 21.6 Å². The molecular formula is C25H31NO7. The van der Waals surface area contributed by atoms with Crippen molar-refractivity contribution in [2.24, 2.45) is 5.92 Å². The molecule has 2 heterocycles. The average molecular weight is 458 g/mol. The van der Waals surface area contributed by atoms with Gasteiger partial charge in [0.05, 0.1) is 6.04 Å². The van der Waals surface area contributed by atoms with Crippen molar-refractivity contribution >= 4 is 17.8 Å². The zero-order chi connectivity index (χ0) is 24.1. The molecule has 3 rings (SSSR count). The Hall–Kier alpha value is -2.97. The quantitative estimate of drug-likeness (QED) is 0.329. The van der Waals surface area contributed by atoms with E-state index in [1.54, 1.807) is 6.07 Å². The van der Waals surface area contributed by atoms with Crippen molar-refractivity contribution in [3.8, 4) is 11.1 Å². The first-order valence-corrected chi connectivity index (χ1v) is 11.2. The summed E-state index contributed by atoms with van der Waals surface area (Å²) in [4.78, 5) is 39.6. The molecule has 178 valence electrons. The fourth-order valence-electron chi connectivity index (χ4n) is 3.95. The van der Waals surface area contributed by atoms with Crippen LogP contribution in [-0.2, 0) is 20.7 Å². The third-order valence-corrected chi connectivity index (χ3v) is 5.80. The average Bonchev–Trinajstić information content (AvgIpc) is 3.38. The molecule has 0 spiro atoms. The Kier molecular flexibility index (Phi) is 8.05. The van der Waals surface area contributed by atoms with E-state index in [9.17, 15) is 14.4 Å². The highest BCUT2D eigenvalue weighted by molar-refractivity contribution is 6.14. The van der Waals surface area contributed by atoms with Crippen molar-refractivity contribution < 1.29 is 33.4 Å². The lowest BCUT2D eigenvalue weighted by molar-refractivity contribution is -0.137. The maximum absolute atomic E-state index is 13.3. The SMILES string of the molecule is COC(C(=O)c1cc(-c2cccc(C)c2)c(CCCCO)o1)C(=O)N1C(=O)OCC1C(C)C. The van der Waals surface area contributed by atoms with Crippen LogP contribution in [0.25, 0.3) is 11.1 Å². The first-order chi connectivity index (χ1) is 15.8. The summed E-state index contributed by atoms with van der Waals surface area (Å²) in [6.07, 6.45) is -0.503. The molecular weight excluding hydrogens is 426 g/mol. The Balaban J connectivity index is 1.93. The van der Waals surface area contributed by atoms with Gasteiger partial charge in [-0.25, -0.2) is 9.69 Å². The summed E-state index contributed by atoms with van der Waals surface area (Å²) in [5.41, 5.74) is 2.70. The number of hydrogen-bond donors (Lipinski definition) is 1. The lowest BCUT2D eigenvalue weighted by atomic mass is 10.0. The molecule has 0 saturated carbocycles. The number of unbranched alkanes of at least 4 members (excludes halogenated alkanes) is 1. The molecule has 0 aliphatic carbocycles. The molecule has 1 N–H and O–H groups in total. The maximum atomic E-state index is 13.3. The van der Waals surface area contributed by atoms with Gasteiger partial charge in [-0.1, -0.05) is 43.7 Å². The summed E-state index contributed by atoms with van der Waals surface area (Å²) in [7, 11) is 1.25. The lowest BCUT2D eigenvalue weighted by Crippen LogP contribution is -2.49. The molecule has 2 atom stereocenters. The Morgan fingerprint density at radius 3 is 2.64 bits per heavy atom. The van der Waals surface area contributed by atoms with Crippen LogP contribution in [0.1, 0.15) is 48.6 Å². The number of aryl methyl sites for hydroxylation is 2. The van der Waals surface area contributed by atoms with Gasteiger partial charge in [0.15, 0.2) is 5.76 Å². The van der Waals surface area contributed by atoms with Crippen LogP contribution in [0, 0.1) is 12.8 Å². The molecule has 1 aromatic carbocycles. The molecule has 8 nitrogen and oxygen atoms in total. The van der Waals surface area contributed by atoms with Gasteiger partial charge in [0.2, 0.25) is 11.9 Å². The second-order valence-electron chi connectivity index (χ2n) is 8.57. The van der Waals surface area contributed by atoms with Crippen LogP contribution in [0.15, 0.2) is 34.7 Å². The van der Waals surface area contributed by atoms with Crippen LogP contribution in [0.5, 0.6) is 0 Å². The zero-order valence-electron chi connectivity index (χ0n) is 19.5. The van der Waals surface area contributed by atoms with Gasteiger partial charge in [-0.15, -0.1) is 0 Å². The Labute approximate surface area is 193 Å². The monoisotopic (exact) mass is 457 g/mol. The van der Waals surface area contributed by atoms with Crippen molar-refractivity contribution in [3.05, 3.63) is 47.4 Å². The fourth-order valence-corrected chi connectivity index (χ4v) is 3.95. The highest BCUT2D eigenvalue weighted by atomic mass is 16.6. The molecule has 2 unspecified atom stereocenters. The summed E-state index contributed by atoms with van der Waals surface area (Å²) >= 11 is 0. The molecule has 1 aliphatic heterocycles. The largest absolute Gasteiger partial charge is 0.457 e. The van der Waals surface area contributed by atoms with Crippen molar-refractivity contribution in [1.29, 1.82) is 0 Å². The van der Waals surface area contributed by atoms with Gasteiger partial charge < -0.3 is 19.0 Å². The summed E-state index contributed by atoms with van der Waals surface area (Å²) < 4.78 is 16.2. The van der Waals surface area contributed by atoms with Gasteiger partial charge in [-0.3, -0.25) is 9.59 Å². The van der Waals surface area contributed by atoms with Crippen LogP contribution >= 0.6 is 0 Å². The normalized spacial score (nSPS) is 16.8. The van der Waals surface area contributed by atoms with E-state index in [1.165, 1.54) is 7.11 Å². The molecule has 33 heavy (non-hydrogen) atoms. The Bertz CT molecular complexity index is 1010. The Morgan fingerprint density at radius 2 is 2.00 bits per heavy atom. The molecule has 8 heteroatoms. The molecule has 0 bridgehead atoms. The van der Waals surface area contributed by atoms with E-state index in [1.807, 2.05) is 45.0 Å². The molecule has 1 saturated heterocycles. The number of furan rings is 1. The van der Waals surface area contributed by atoms with Crippen LogP contribution < -0.4 is 0 Å². The molecule has 0 radical (unpaired) electrons. The number of methoxy groups -OCH3 is 1. The molecule has 1 aliphatic rings. The van der Waals surface area contributed by atoms with Crippen molar-refractivity contribution in [1.82, 2.24) is 4.90 Å². The van der Waals surface area contributed by atoms with Crippen molar-refractivity contribution in [3.63, 3.8) is 0 Å². The number of Topliss-reactive ketones (excluding diaryl/α,β-unsaturated/α-hetero) is 1. The minimum absolute atomic E-state index is 0.0145. The first-order valence-electron chi connectivity index (χ1n) is 11.2. The van der Waals surface area contributed by atoms with Crippen LogP contribution in [0.3, 0.4) is 0 Å². The first kappa shape index (κ1) is 24.7. The van der Waals surface area contributed by atoms with Gasteiger partial charge in [0.25, 0.3) is 5.91 Å². The summed E-state index contributed by atoms with van der Waals surface area (Å²) in [5.74, 6) is -0.881. The predicted octanol–water partition coefficient (Wildman–Crippen LogP) is 3.77. The second-order valence-corrected chi connectivity index (χ2v) is 8.57. The van der Waals surface area contributed by atoms with Gasteiger partial charge in [0, 0.05) is 25.7 Å². The number of cyclic esters (lactones) is 1. The number of hydrogen-bond acceptors (Lipinski definition) is 7. The van der Waals surface area contributed by atoms with E-state index in [-0.39, 0.29) is 24.9 Å². The van der Waals surface area contributed by atoms with Gasteiger partial charge >= 0.3 is 6.09 Å². The van der Waals surface area contributed by atoms with E-state index >= 15 is 0 Å². The fraction of sp³-hybridized carbons (Fsp3) is 0.480. The van der Waals surface area contributed by atoms with Crippen LogP contribution in [-0.4, -0.2) is 60.3 Å². The van der Waals surface area contributed by atoms with Crippen LogP contribution in [0.2, 0.25) is 0 Å². The van der Waals surface area contributed by atoms with Crippen molar-refractivity contribution in [2.75, 3.05) is 20.3 Å². The summed E-state index contributed by atoms with van der Waals surface area (Å²) in [6.45, 7) is 5.86. The molecule has 2 amide bonds. The van der Waals surface area contributed by atoms with Crippen LogP contribution in [0.4, 0.5) is 4.79 Å². The number of nitrogens with zero attached hydrogens (tertiary/aromatic N) is 1. The maximum Gasteiger partial charge on any atom is 0.417 e. The number of carbonyl (C=O) groups is 3. The topological polar surface area (TPSA) is 106 Å². The highest BCUT2D eigenvalue weighted by Gasteiger charge is 2.45. The smallest absolute Gasteiger partial charge is 0.417 e. The lowest BCUT2D eigenvalue weighted by Gasteiger charge is -2.25. The number of imide groups is 1. The van der Waals surface area contributed by atoms with Gasteiger partial charge in [0.1, 0.15) is 12.4 Å². The number of carbonyl (C=O) groups excluding carboxylic acids is 3. The number of aliphatic hydroxyl groups is 1. The van der Waals surface area contributed by atoms with E-state index in [4.69, 9.17) is 19.0 Å². The number of ketones is 1. The van der Waals surface area contributed by atoms with E-state index in [0.29, 0.717) is 25.0 Å². The minimum Gasteiger partial charge on any atom is -0.457 e. The third kappa shape index (κ3) is 5.34.